The van der Waals surface area contributed by atoms with E-state index in [-0.39, 0.29) is 29.5 Å². The molecule has 2 aromatic rings. The van der Waals surface area contributed by atoms with Crippen LogP contribution in [-0.4, -0.2) is 29.4 Å². The first-order valence-corrected chi connectivity index (χ1v) is 11.1. The number of pyridine rings is 1. The molecule has 3 aliphatic rings. The second-order valence-corrected chi connectivity index (χ2v) is 8.34. The van der Waals surface area contributed by atoms with Gasteiger partial charge in [-0.25, -0.2) is 4.98 Å². The number of nitrogens with zero attached hydrogens (tertiary/aromatic N) is 2. The van der Waals surface area contributed by atoms with Crippen LogP contribution in [0.4, 0.5) is 5.82 Å². The number of benzene rings is 1. The number of carbonyl (C=O) groups is 2. The molecule has 160 valence electrons. The zero-order valence-corrected chi connectivity index (χ0v) is 17.6. The van der Waals surface area contributed by atoms with E-state index in [1.54, 1.807) is 17.2 Å². The molecule has 6 heteroatoms. The first-order valence-electron chi connectivity index (χ1n) is 11.1. The fourth-order valence-corrected chi connectivity index (χ4v) is 4.89. The topological polar surface area (TPSA) is 68.7 Å². The summed E-state index contributed by atoms with van der Waals surface area (Å²) in [7, 11) is 0. The Bertz CT molecular complexity index is 1030. The number of hydrogen-bond acceptors (Lipinski definition) is 5. The molecule has 1 aromatic heterocycles. The van der Waals surface area contributed by atoms with Crippen LogP contribution < -0.4 is 9.64 Å². The molecule has 1 amide bonds. The van der Waals surface area contributed by atoms with Gasteiger partial charge in [0.25, 0.3) is 5.91 Å². The van der Waals surface area contributed by atoms with E-state index in [0.717, 1.165) is 43.4 Å². The van der Waals surface area contributed by atoms with Crippen LogP contribution in [0.2, 0.25) is 0 Å². The van der Waals surface area contributed by atoms with E-state index in [1.807, 2.05) is 36.4 Å². The highest BCUT2D eigenvalue weighted by molar-refractivity contribution is 6.17. The number of Topliss-reactive ketones (excluding diaryl/α,β-unsaturated/α-hetero) is 1. The molecule has 5 rings (SSSR count). The lowest BCUT2D eigenvalue weighted by atomic mass is 9.77. The molecule has 2 aliphatic heterocycles. The molecule has 1 saturated carbocycles. The number of hydrogen-bond donors (Lipinski definition) is 0. The van der Waals surface area contributed by atoms with Gasteiger partial charge in [0.05, 0.1) is 24.1 Å². The summed E-state index contributed by atoms with van der Waals surface area (Å²) in [5, 5.41) is 0. The number of fused-ring (bicyclic) bond motifs is 1. The average Bonchev–Trinajstić information content (AvgIpc) is 3.11. The average molecular weight is 418 g/mol. The van der Waals surface area contributed by atoms with Crippen molar-refractivity contribution in [3.8, 4) is 5.75 Å². The molecule has 0 spiro atoms. The number of aromatic nitrogens is 1. The van der Waals surface area contributed by atoms with E-state index in [1.165, 1.54) is 0 Å². The van der Waals surface area contributed by atoms with Crippen molar-refractivity contribution in [2.75, 3.05) is 11.5 Å². The summed E-state index contributed by atoms with van der Waals surface area (Å²) in [5.74, 6) is 1.00. The Kier molecular flexibility index (Phi) is 5.22. The summed E-state index contributed by atoms with van der Waals surface area (Å²) in [5.41, 5.74) is 1.29. The van der Waals surface area contributed by atoms with E-state index in [0.29, 0.717) is 18.0 Å². The molecular weight excluding hydrogens is 392 g/mol. The van der Waals surface area contributed by atoms with Crippen molar-refractivity contribution in [3.63, 3.8) is 0 Å². The minimum absolute atomic E-state index is 0.0441. The van der Waals surface area contributed by atoms with Gasteiger partial charge in [-0.1, -0.05) is 31.5 Å². The maximum atomic E-state index is 13.6. The number of carbonyl (C=O) groups excluding carboxylic acids is 2. The van der Waals surface area contributed by atoms with Crippen molar-refractivity contribution in [3.05, 3.63) is 65.6 Å². The Morgan fingerprint density at radius 3 is 2.81 bits per heavy atom. The second kappa shape index (κ2) is 8.17. The van der Waals surface area contributed by atoms with Crippen molar-refractivity contribution in [1.82, 2.24) is 4.98 Å². The van der Waals surface area contributed by atoms with Crippen molar-refractivity contribution >= 4 is 17.5 Å². The predicted octanol–water partition coefficient (Wildman–Crippen LogP) is 4.37. The Morgan fingerprint density at radius 2 is 2.00 bits per heavy atom. The molecule has 0 radical (unpaired) electrons. The quantitative estimate of drug-likeness (QED) is 0.721. The zero-order chi connectivity index (χ0) is 21.4. The smallest absolute Gasteiger partial charge is 0.295 e. The molecule has 31 heavy (non-hydrogen) atoms. The molecule has 1 fully saturated rings. The van der Waals surface area contributed by atoms with Crippen molar-refractivity contribution in [2.24, 2.45) is 5.92 Å². The monoisotopic (exact) mass is 418 g/mol. The van der Waals surface area contributed by atoms with Gasteiger partial charge >= 0.3 is 0 Å². The molecule has 3 heterocycles. The molecule has 3 atom stereocenters. The highest BCUT2D eigenvalue weighted by Gasteiger charge is 2.52. The van der Waals surface area contributed by atoms with Crippen molar-refractivity contribution in [2.45, 2.75) is 51.2 Å². The van der Waals surface area contributed by atoms with Crippen LogP contribution in [-0.2, 0) is 14.3 Å². The van der Waals surface area contributed by atoms with E-state index in [2.05, 4.69) is 11.9 Å². The van der Waals surface area contributed by atoms with E-state index >= 15 is 0 Å². The van der Waals surface area contributed by atoms with Crippen LogP contribution in [0.25, 0.3) is 0 Å². The van der Waals surface area contributed by atoms with Gasteiger partial charge in [-0.15, -0.1) is 0 Å². The Morgan fingerprint density at radius 1 is 1.13 bits per heavy atom. The van der Waals surface area contributed by atoms with Crippen molar-refractivity contribution in [1.29, 1.82) is 0 Å². The third-order valence-electron chi connectivity index (χ3n) is 6.31. The Hall–Kier alpha value is -3.15. The fourth-order valence-electron chi connectivity index (χ4n) is 4.89. The lowest BCUT2D eigenvalue weighted by molar-refractivity contribution is -0.131. The molecule has 0 saturated heterocycles. The first kappa shape index (κ1) is 19.8. The highest BCUT2D eigenvalue weighted by atomic mass is 16.5. The molecule has 1 aromatic carbocycles. The molecule has 1 aliphatic carbocycles. The van der Waals surface area contributed by atoms with Gasteiger partial charge in [-0.3, -0.25) is 14.5 Å². The summed E-state index contributed by atoms with van der Waals surface area (Å²) < 4.78 is 12.0. The number of ketones is 1. The second-order valence-electron chi connectivity index (χ2n) is 8.34. The zero-order valence-electron chi connectivity index (χ0n) is 17.6. The minimum atomic E-state index is -0.571. The fraction of sp³-hybridized carbons (Fsp3) is 0.400. The van der Waals surface area contributed by atoms with E-state index in [9.17, 15) is 9.59 Å². The largest absolute Gasteiger partial charge is 0.494 e. The van der Waals surface area contributed by atoms with Crippen LogP contribution in [0.5, 0.6) is 5.75 Å². The van der Waals surface area contributed by atoms with Gasteiger partial charge in [0.1, 0.15) is 17.7 Å². The molecule has 0 N–H and O–H groups in total. The van der Waals surface area contributed by atoms with Gasteiger partial charge in [-0.05, 0) is 55.5 Å². The molecule has 6 nitrogen and oxygen atoms in total. The van der Waals surface area contributed by atoms with Crippen LogP contribution in [0.3, 0.4) is 0 Å². The lowest BCUT2D eigenvalue weighted by Gasteiger charge is -2.35. The standard InChI is InChI=1S/C25H26N2O4/c1-2-14-30-17-9-7-8-16(15-17)22-21-23(28)18-10-3-4-11-19(18)31-24(21)25(29)27(22)20-12-5-6-13-26-20/h5-9,12-13,15,18-19,22H,2-4,10-11,14H2,1H3. The summed E-state index contributed by atoms with van der Waals surface area (Å²) in [4.78, 5) is 33.2. The third kappa shape index (κ3) is 3.40. The first-order chi connectivity index (χ1) is 15.2. The molecule has 0 bridgehead atoms. The number of anilines is 1. The maximum Gasteiger partial charge on any atom is 0.295 e. The maximum absolute atomic E-state index is 13.6. The van der Waals surface area contributed by atoms with Gasteiger partial charge in [0, 0.05) is 6.20 Å². The molecular formula is C25H26N2O4. The van der Waals surface area contributed by atoms with E-state index < -0.39 is 6.04 Å². The summed E-state index contributed by atoms with van der Waals surface area (Å²) in [6.45, 7) is 2.66. The highest BCUT2D eigenvalue weighted by Crippen LogP contribution is 2.48. The van der Waals surface area contributed by atoms with Gasteiger partial charge in [-0.2, -0.15) is 0 Å². The Balaban J connectivity index is 1.62. The van der Waals surface area contributed by atoms with Crippen LogP contribution in [0, 0.1) is 5.92 Å². The van der Waals surface area contributed by atoms with Gasteiger partial charge in [0.2, 0.25) is 0 Å². The van der Waals surface area contributed by atoms with Crippen LogP contribution in [0.15, 0.2) is 60.0 Å². The number of rotatable bonds is 5. The summed E-state index contributed by atoms with van der Waals surface area (Å²) in [6.07, 6.45) is 6.01. The van der Waals surface area contributed by atoms with Crippen LogP contribution in [0.1, 0.15) is 50.6 Å². The summed E-state index contributed by atoms with van der Waals surface area (Å²) in [6, 6.07) is 12.5. The number of amides is 1. The van der Waals surface area contributed by atoms with E-state index in [4.69, 9.17) is 9.47 Å². The third-order valence-corrected chi connectivity index (χ3v) is 6.31. The SMILES string of the molecule is CCCOc1cccc(C2C3=C(OC4CCCCC4C3=O)C(=O)N2c2ccccn2)c1. The number of ether oxygens (including phenoxy) is 2. The molecule has 3 unspecified atom stereocenters. The normalized spacial score (nSPS) is 25.2. The Labute approximate surface area is 181 Å². The van der Waals surface area contributed by atoms with Gasteiger partial charge < -0.3 is 9.47 Å². The lowest BCUT2D eigenvalue weighted by Crippen LogP contribution is -2.39. The van der Waals surface area contributed by atoms with Crippen LogP contribution >= 0.6 is 0 Å². The van der Waals surface area contributed by atoms with Crippen molar-refractivity contribution < 1.29 is 19.1 Å². The van der Waals surface area contributed by atoms with Gasteiger partial charge in [0.15, 0.2) is 11.5 Å². The summed E-state index contributed by atoms with van der Waals surface area (Å²) >= 11 is 0. The minimum Gasteiger partial charge on any atom is -0.494 e. The predicted molar refractivity (Wildman–Crippen MR) is 116 cm³/mol.